The lowest BCUT2D eigenvalue weighted by Crippen LogP contribution is -2.42. The van der Waals surface area contributed by atoms with Crippen molar-refractivity contribution >= 4 is 11.8 Å². The Labute approximate surface area is 136 Å². The maximum Gasteiger partial charge on any atom is 0.271 e. The molecule has 0 spiro atoms. The van der Waals surface area contributed by atoms with Crippen molar-refractivity contribution in [3.05, 3.63) is 17.7 Å². The molecule has 1 aliphatic carbocycles. The molecule has 0 bridgehead atoms. The van der Waals surface area contributed by atoms with Crippen LogP contribution in [0, 0.1) is 11.8 Å². The number of nitrogens with zero attached hydrogens (tertiary/aromatic N) is 3. The molecule has 0 radical (unpaired) electrons. The van der Waals surface area contributed by atoms with Crippen molar-refractivity contribution in [3.63, 3.8) is 0 Å². The van der Waals surface area contributed by atoms with Gasteiger partial charge in [0, 0.05) is 38.9 Å². The number of aromatic nitrogens is 2. The summed E-state index contributed by atoms with van der Waals surface area (Å²) >= 11 is 0. The first-order valence-corrected chi connectivity index (χ1v) is 8.17. The number of hydrogen-bond acceptors (Lipinski definition) is 4. The molecular weight excluding hydrogens is 296 g/mol. The summed E-state index contributed by atoms with van der Waals surface area (Å²) in [7, 11) is 1.59. The van der Waals surface area contributed by atoms with Gasteiger partial charge in [-0.05, 0) is 19.3 Å². The van der Waals surface area contributed by atoms with Crippen molar-refractivity contribution in [1.82, 2.24) is 19.8 Å². The van der Waals surface area contributed by atoms with Gasteiger partial charge in [0.2, 0.25) is 5.91 Å². The van der Waals surface area contributed by atoms with Crippen LogP contribution < -0.4 is 5.32 Å². The van der Waals surface area contributed by atoms with E-state index in [1.54, 1.807) is 13.3 Å². The zero-order chi connectivity index (χ0) is 16.6. The zero-order valence-electron chi connectivity index (χ0n) is 13.9. The largest absolute Gasteiger partial charge is 0.383 e. The lowest BCUT2D eigenvalue weighted by molar-refractivity contribution is -0.136. The van der Waals surface area contributed by atoms with Gasteiger partial charge in [-0.2, -0.15) is 0 Å². The molecule has 1 saturated carbocycles. The van der Waals surface area contributed by atoms with E-state index < -0.39 is 0 Å². The lowest BCUT2D eigenvalue weighted by Gasteiger charge is -2.34. The van der Waals surface area contributed by atoms with Gasteiger partial charge in [0.15, 0.2) is 0 Å². The molecule has 7 heteroatoms. The fraction of sp³-hybridized carbons (Fsp3) is 0.688. The summed E-state index contributed by atoms with van der Waals surface area (Å²) in [5.41, 5.74) is 0.400. The van der Waals surface area contributed by atoms with Crippen LogP contribution in [0.4, 0.5) is 0 Å². The number of carbonyl (C=O) groups excluding carboxylic acids is 2. The van der Waals surface area contributed by atoms with Gasteiger partial charge in [0.25, 0.3) is 5.91 Å². The Morgan fingerprint density at radius 2 is 2.13 bits per heavy atom. The minimum Gasteiger partial charge on any atom is -0.383 e. The third kappa shape index (κ3) is 3.10. The van der Waals surface area contributed by atoms with E-state index >= 15 is 0 Å². The number of imidazole rings is 1. The van der Waals surface area contributed by atoms with Gasteiger partial charge in [0.1, 0.15) is 11.5 Å². The summed E-state index contributed by atoms with van der Waals surface area (Å²) in [6, 6.07) is -0.0930. The van der Waals surface area contributed by atoms with E-state index in [9.17, 15) is 9.59 Å². The predicted octanol–water partition coefficient (Wildman–Crippen LogP) is 0.818. The van der Waals surface area contributed by atoms with E-state index in [1.807, 2.05) is 16.4 Å². The number of methoxy groups -OCH3 is 1. The van der Waals surface area contributed by atoms with E-state index in [-0.39, 0.29) is 23.8 Å². The van der Waals surface area contributed by atoms with Gasteiger partial charge >= 0.3 is 0 Å². The molecule has 7 nitrogen and oxygen atoms in total. The summed E-state index contributed by atoms with van der Waals surface area (Å²) in [5, 5.41) is 2.77. The first-order chi connectivity index (χ1) is 11.0. The molecule has 126 valence electrons. The predicted molar refractivity (Wildman–Crippen MR) is 83.8 cm³/mol. The molecule has 1 aromatic rings. The highest BCUT2D eigenvalue weighted by Crippen LogP contribution is 2.41. The number of nitrogens with one attached hydrogen (secondary N) is 1. The van der Waals surface area contributed by atoms with Crippen LogP contribution in [0.25, 0.3) is 0 Å². The van der Waals surface area contributed by atoms with Crippen LogP contribution in [0.2, 0.25) is 0 Å². The minimum absolute atomic E-state index is 0.0930. The Hall–Kier alpha value is -1.89. The van der Waals surface area contributed by atoms with Crippen molar-refractivity contribution in [2.45, 2.75) is 32.9 Å². The van der Waals surface area contributed by atoms with Crippen LogP contribution in [0.5, 0.6) is 0 Å². The van der Waals surface area contributed by atoms with Gasteiger partial charge in [-0.25, -0.2) is 4.98 Å². The Morgan fingerprint density at radius 1 is 1.39 bits per heavy atom. The highest BCUT2D eigenvalue weighted by molar-refractivity contribution is 5.92. The first-order valence-electron chi connectivity index (χ1n) is 8.17. The minimum atomic E-state index is -0.204. The van der Waals surface area contributed by atoms with E-state index in [0.29, 0.717) is 37.9 Å². The van der Waals surface area contributed by atoms with Crippen LogP contribution in [-0.2, 0) is 16.1 Å². The van der Waals surface area contributed by atoms with Crippen molar-refractivity contribution < 1.29 is 14.3 Å². The summed E-state index contributed by atoms with van der Waals surface area (Å²) in [6.07, 6.45) is 2.76. The van der Waals surface area contributed by atoms with Gasteiger partial charge in [-0.15, -0.1) is 0 Å². The molecule has 0 saturated heterocycles. The van der Waals surface area contributed by atoms with Crippen LogP contribution in [0.15, 0.2) is 6.20 Å². The molecular formula is C16H24N4O3. The molecule has 2 amide bonds. The van der Waals surface area contributed by atoms with Crippen molar-refractivity contribution in [2.24, 2.45) is 11.8 Å². The van der Waals surface area contributed by atoms with Gasteiger partial charge < -0.3 is 19.5 Å². The number of hydrogen-bond donors (Lipinski definition) is 1. The quantitative estimate of drug-likeness (QED) is 0.815. The van der Waals surface area contributed by atoms with E-state index in [1.165, 1.54) is 0 Å². The van der Waals surface area contributed by atoms with Crippen molar-refractivity contribution in [3.8, 4) is 0 Å². The zero-order valence-corrected chi connectivity index (χ0v) is 13.9. The van der Waals surface area contributed by atoms with E-state index in [0.717, 1.165) is 12.2 Å². The van der Waals surface area contributed by atoms with Gasteiger partial charge in [-0.3, -0.25) is 9.59 Å². The summed E-state index contributed by atoms with van der Waals surface area (Å²) in [6.45, 7) is 6.38. The molecule has 1 N–H and O–H groups in total. The SMILES string of the molecule is COCCNC(=O)c1cn2c(n1)[C@H](C)N(C(=O)[C@@H]1C[C@H]1C)CC2. The van der Waals surface area contributed by atoms with Crippen molar-refractivity contribution in [1.29, 1.82) is 0 Å². The number of fused-ring (bicyclic) bond motifs is 1. The number of amides is 2. The fourth-order valence-corrected chi connectivity index (χ4v) is 3.14. The molecule has 1 fully saturated rings. The average Bonchev–Trinajstić information content (AvgIpc) is 3.09. The fourth-order valence-electron chi connectivity index (χ4n) is 3.14. The van der Waals surface area contributed by atoms with E-state index in [2.05, 4.69) is 17.2 Å². The second kappa shape index (κ2) is 6.31. The third-order valence-corrected chi connectivity index (χ3v) is 4.76. The molecule has 0 aromatic carbocycles. The summed E-state index contributed by atoms with van der Waals surface area (Å²) in [4.78, 5) is 31.0. The topological polar surface area (TPSA) is 76.5 Å². The standard InChI is InChI=1S/C16H24N4O3/c1-10-8-12(10)16(22)20-6-5-19-9-13(18-14(19)11(20)2)15(21)17-4-7-23-3/h9-12H,4-8H2,1-3H3,(H,17,21)/t10-,11+,12-/m1/s1. The molecule has 3 rings (SSSR count). The normalized spacial score (nSPS) is 25.9. The lowest BCUT2D eigenvalue weighted by atomic mass is 10.1. The maximum atomic E-state index is 12.5. The van der Waals surface area contributed by atoms with Crippen LogP contribution in [-0.4, -0.2) is 53.1 Å². The van der Waals surface area contributed by atoms with Crippen molar-refractivity contribution in [2.75, 3.05) is 26.8 Å². The highest BCUT2D eigenvalue weighted by Gasteiger charge is 2.44. The number of rotatable bonds is 5. The summed E-state index contributed by atoms with van der Waals surface area (Å²) in [5.74, 6) is 1.49. The van der Waals surface area contributed by atoms with Crippen LogP contribution in [0.1, 0.15) is 42.6 Å². The smallest absolute Gasteiger partial charge is 0.271 e. The highest BCUT2D eigenvalue weighted by atomic mass is 16.5. The first kappa shape index (κ1) is 16.0. The Kier molecular flexibility index (Phi) is 4.39. The number of carbonyl (C=O) groups is 2. The van der Waals surface area contributed by atoms with E-state index in [4.69, 9.17) is 4.74 Å². The summed E-state index contributed by atoms with van der Waals surface area (Å²) < 4.78 is 6.90. The maximum absolute atomic E-state index is 12.5. The molecule has 2 heterocycles. The molecule has 1 aromatic heterocycles. The van der Waals surface area contributed by atoms with Gasteiger partial charge in [-0.1, -0.05) is 6.92 Å². The Bertz CT molecular complexity index is 612. The molecule has 1 aliphatic heterocycles. The second-order valence-electron chi connectivity index (χ2n) is 6.45. The van der Waals surface area contributed by atoms with Gasteiger partial charge in [0.05, 0.1) is 12.6 Å². The van der Waals surface area contributed by atoms with Crippen LogP contribution in [0.3, 0.4) is 0 Å². The second-order valence-corrected chi connectivity index (χ2v) is 6.45. The molecule has 2 aliphatic rings. The Morgan fingerprint density at radius 3 is 2.78 bits per heavy atom. The molecule has 23 heavy (non-hydrogen) atoms. The average molecular weight is 320 g/mol. The Balaban J connectivity index is 1.70. The molecule has 0 unspecified atom stereocenters. The van der Waals surface area contributed by atoms with Crippen LogP contribution >= 0.6 is 0 Å². The monoisotopic (exact) mass is 320 g/mol. The number of ether oxygens (including phenoxy) is 1. The molecule has 3 atom stereocenters. The third-order valence-electron chi connectivity index (χ3n) is 4.76.